The summed E-state index contributed by atoms with van der Waals surface area (Å²) >= 11 is 0. The molecule has 0 bridgehead atoms. The third kappa shape index (κ3) is 1.65. The monoisotopic (exact) mass is 223 g/mol. The first-order valence-electron chi connectivity index (χ1n) is 5.34. The molecular weight excluding hydrogens is 212 g/mol. The van der Waals surface area contributed by atoms with Crippen LogP contribution in [0.3, 0.4) is 0 Å². The van der Waals surface area contributed by atoms with Crippen molar-refractivity contribution in [3.63, 3.8) is 0 Å². The minimum absolute atomic E-state index is 0.681. The molecule has 1 aromatic heterocycles. The number of aromatic nitrogens is 2. The Morgan fingerprint density at radius 2 is 1.82 bits per heavy atom. The molecular formula is C14H11N2O. The Kier molecular flexibility index (Phi) is 2.29. The molecule has 0 amide bonds. The largest absolute Gasteiger partial charge is 0.488 e. The first-order valence-corrected chi connectivity index (χ1v) is 5.34. The zero-order valence-corrected chi connectivity index (χ0v) is 9.18. The van der Waals surface area contributed by atoms with Crippen LogP contribution in [-0.4, -0.2) is 9.97 Å². The number of fused-ring (bicyclic) bond motifs is 1. The summed E-state index contributed by atoms with van der Waals surface area (Å²) in [7, 11) is 3.43. The van der Waals surface area contributed by atoms with Crippen LogP contribution in [0.5, 0.6) is 5.75 Å². The Morgan fingerprint density at radius 3 is 2.59 bits per heavy atom. The number of para-hydroxylation sites is 1. The Hall–Kier alpha value is -2.29. The van der Waals surface area contributed by atoms with Gasteiger partial charge in [0.05, 0.1) is 5.52 Å². The highest BCUT2D eigenvalue weighted by atomic mass is 16.5. The van der Waals surface area contributed by atoms with Crippen LogP contribution in [-0.2, 0) is 0 Å². The smallest absolute Gasteiger partial charge is 0.147 e. The van der Waals surface area contributed by atoms with E-state index in [1.807, 2.05) is 48.5 Å². The lowest BCUT2D eigenvalue weighted by Gasteiger charge is -1.97. The van der Waals surface area contributed by atoms with Gasteiger partial charge in [0.1, 0.15) is 24.2 Å². The van der Waals surface area contributed by atoms with Crippen LogP contribution < -0.4 is 4.74 Å². The maximum Gasteiger partial charge on any atom is 0.147 e. The van der Waals surface area contributed by atoms with Gasteiger partial charge in [-0.15, -0.1) is 0 Å². The summed E-state index contributed by atoms with van der Waals surface area (Å²) in [6, 6.07) is 15.7. The molecule has 2 aromatic carbocycles. The predicted molar refractivity (Wildman–Crippen MR) is 67.5 cm³/mol. The topological polar surface area (TPSA) is 37.9 Å². The van der Waals surface area contributed by atoms with Gasteiger partial charge < -0.3 is 9.72 Å². The molecule has 17 heavy (non-hydrogen) atoms. The number of nitrogens with zero attached hydrogens (tertiary/aromatic N) is 1. The average molecular weight is 223 g/mol. The van der Waals surface area contributed by atoms with Crippen LogP contribution in [0.2, 0.25) is 0 Å². The standard InChI is InChI=1S/C14H11N2O/c1-17-12-9-5-8-11-13(12)16-14(15-11)10-6-3-2-4-7-10/h2-9H,1H2,(H,15,16). The maximum atomic E-state index is 5.04. The molecule has 0 unspecified atom stereocenters. The lowest BCUT2D eigenvalue weighted by molar-refractivity contribution is 0.478. The second-order valence-electron chi connectivity index (χ2n) is 3.75. The van der Waals surface area contributed by atoms with Crippen molar-refractivity contribution in [2.75, 3.05) is 0 Å². The Bertz CT molecular complexity index is 644. The van der Waals surface area contributed by atoms with E-state index < -0.39 is 0 Å². The number of benzene rings is 2. The van der Waals surface area contributed by atoms with Gasteiger partial charge in [-0.25, -0.2) is 4.98 Å². The van der Waals surface area contributed by atoms with E-state index in [1.165, 1.54) is 0 Å². The predicted octanol–water partition coefficient (Wildman–Crippen LogP) is 3.40. The van der Waals surface area contributed by atoms with Gasteiger partial charge in [-0.3, -0.25) is 0 Å². The molecule has 1 heterocycles. The molecule has 0 aliphatic heterocycles. The van der Waals surface area contributed by atoms with Gasteiger partial charge >= 0.3 is 0 Å². The summed E-state index contributed by atoms with van der Waals surface area (Å²) in [5.74, 6) is 1.52. The molecule has 0 spiro atoms. The van der Waals surface area contributed by atoms with E-state index in [-0.39, 0.29) is 0 Å². The Balaban J connectivity index is 2.20. The molecule has 1 radical (unpaired) electrons. The molecule has 3 aromatic rings. The van der Waals surface area contributed by atoms with Crippen molar-refractivity contribution >= 4 is 11.0 Å². The van der Waals surface area contributed by atoms with E-state index >= 15 is 0 Å². The molecule has 0 atom stereocenters. The second-order valence-corrected chi connectivity index (χ2v) is 3.75. The summed E-state index contributed by atoms with van der Waals surface area (Å²) in [6.45, 7) is 0. The Morgan fingerprint density at radius 1 is 1.00 bits per heavy atom. The lowest BCUT2D eigenvalue weighted by Crippen LogP contribution is -1.81. The SMILES string of the molecule is [CH2]Oc1cccc2[nH]c(-c3ccccc3)nc12. The summed E-state index contributed by atoms with van der Waals surface area (Å²) in [4.78, 5) is 7.80. The molecule has 0 aliphatic carbocycles. The van der Waals surface area contributed by atoms with Crippen molar-refractivity contribution in [3.05, 3.63) is 55.6 Å². The van der Waals surface area contributed by atoms with Gasteiger partial charge in [-0.2, -0.15) is 0 Å². The number of imidazole rings is 1. The van der Waals surface area contributed by atoms with Crippen LogP contribution in [0.25, 0.3) is 22.4 Å². The fourth-order valence-electron chi connectivity index (χ4n) is 1.86. The van der Waals surface area contributed by atoms with E-state index in [2.05, 4.69) is 17.1 Å². The van der Waals surface area contributed by atoms with E-state index in [9.17, 15) is 0 Å². The number of rotatable bonds is 2. The van der Waals surface area contributed by atoms with Crippen molar-refractivity contribution in [1.29, 1.82) is 0 Å². The van der Waals surface area contributed by atoms with Crippen molar-refractivity contribution in [1.82, 2.24) is 9.97 Å². The number of H-pyrrole nitrogens is 1. The van der Waals surface area contributed by atoms with Gasteiger partial charge in [0, 0.05) is 5.56 Å². The third-order valence-corrected chi connectivity index (χ3v) is 2.68. The van der Waals surface area contributed by atoms with Crippen LogP contribution in [0, 0.1) is 7.11 Å². The van der Waals surface area contributed by atoms with E-state index in [1.54, 1.807) is 0 Å². The number of hydrogen-bond donors (Lipinski definition) is 1. The molecule has 0 aliphatic rings. The Labute approximate surface area is 99.1 Å². The molecule has 3 rings (SSSR count). The minimum Gasteiger partial charge on any atom is -0.488 e. The molecule has 1 N–H and O–H groups in total. The highest BCUT2D eigenvalue weighted by Crippen LogP contribution is 2.26. The zero-order chi connectivity index (χ0) is 11.7. The average Bonchev–Trinajstić information content (AvgIpc) is 2.83. The van der Waals surface area contributed by atoms with E-state index in [0.717, 1.165) is 22.4 Å². The summed E-state index contributed by atoms with van der Waals surface area (Å²) in [6.07, 6.45) is 0. The first kappa shape index (κ1) is 9.90. The highest BCUT2D eigenvalue weighted by molar-refractivity contribution is 5.84. The molecule has 3 nitrogen and oxygen atoms in total. The summed E-state index contributed by atoms with van der Waals surface area (Å²) in [5.41, 5.74) is 2.81. The van der Waals surface area contributed by atoms with Gasteiger partial charge in [-0.05, 0) is 12.1 Å². The highest BCUT2D eigenvalue weighted by Gasteiger charge is 2.08. The van der Waals surface area contributed by atoms with Crippen molar-refractivity contribution in [2.24, 2.45) is 0 Å². The fraction of sp³-hybridized carbons (Fsp3) is 0. The van der Waals surface area contributed by atoms with Crippen molar-refractivity contribution < 1.29 is 4.74 Å². The van der Waals surface area contributed by atoms with Crippen molar-refractivity contribution in [2.45, 2.75) is 0 Å². The van der Waals surface area contributed by atoms with Crippen LogP contribution in [0.4, 0.5) is 0 Å². The number of ether oxygens (including phenoxy) is 1. The molecule has 0 fully saturated rings. The third-order valence-electron chi connectivity index (χ3n) is 2.68. The van der Waals surface area contributed by atoms with Crippen LogP contribution >= 0.6 is 0 Å². The van der Waals surface area contributed by atoms with E-state index in [4.69, 9.17) is 4.74 Å². The number of hydrogen-bond acceptors (Lipinski definition) is 2. The maximum absolute atomic E-state index is 5.04. The normalized spacial score (nSPS) is 10.6. The van der Waals surface area contributed by atoms with Crippen molar-refractivity contribution in [3.8, 4) is 17.1 Å². The number of aromatic amines is 1. The lowest BCUT2D eigenvalue weighted by atomic mass is 10.2. The van der Waals surface area contributed by atoms with Gasteiger partial charge in [0.25, 0.3) is 0 Å². The van der Waals surface area contributed by atoms with Crippen LogP contribution in [0.15, 0.2) is 48.5 Å². The van der Waals surface area contributed by atoms with Crippen LogP contribution in [0.1, 0.15) is 0 Å². The second kappa shape index (κ2) is 3.94. The molecule has 0 saturated heterocycles. The zero-order valence-electron chi connectivity index (χ0n) is 9.18. The molecule has 3 heteroatoms. The summed E-state index contributed by atoms with van der Waals surface area (Å²) in [5, 5.41) is 0. The molecule has 83 valence electrons. The van der Waals surface area contributed by atoms with E-state index in [0.29, 0.717) is 5.75 Å². The first-order chi connectivity index (χ1) is 8.38. The minimum atomic E-state index is 0.681. The van der Waals surface area contributed by atoms with Gasteiger partial charge in [0.15, 0.2) is 0 Å². The fourth-order valence-corrected chi connectivity index (χ4v) is 1.86. The molecule has 0 saturated carbocycles. The summed E-state index contributed by atoms with van der Waals surface area (Å²) < 4.78 is 5.04. The van der Waals surface area contributed by atoms with Gasteiger partial charge in [-0.1, -0.05) is 36.4 Å². The van der Waals surface area contributed by atoms with Gasteiger partial charge in [0.2, 0.25) is 0 Å². The quantitative estimate of drug-likeness (QED) is 0.723. The number of nitrogens with one attached hydrogen (secondary N) is 1.